The van der Waals surface area contributed by atoms with Crippen molar-refractivity contribution in [3.63, 3.8) is 0 Å². The third-order valence-electron chi connectivity index (χ3n) is 2.49. The number of nitrogens with zero attached hydrogens (tertiary/aromatic N) is 2. The van der Waals surface area contributed by atoms with Crippen molar-refractivity contribution >= 4 is 23.5 Å². The molecule has 2 nitrogen and oxygen atoms in total. The Morgan fingerprint density at radius 3 is 2.06 bits per heavy atom. The predicted molar refractivity (Wildman–Crippen MR) is 74.3 cm³/mol. The van der Waals surface area contributed by atoms with Crippen molar-refractivity contribution in [3.8, 4) is 0 Å². The molecular weight excluding hydrogens is 220 g/mol. The van der Waals surface area contributed by atoms with Crippen molar-refractivity contribution in [2.45, 2.75) is 0 Å². The van der Waals surface area contributed by atoms with Gasteiger partial charge in [0, 0.05) is 0 Å². The molecule has 0 heterocycles. The maximum Gasteiger partial charge on any atom is 0.187 e. The summed E-state index contributed by atoms with van der Waals surface area (Å²) in [5.41, 5.74) is 3.32. The van der Waals surface area contributed by atoms with Gasteiger partial charge in [0.25, 0.3) is 0 Å². The molecule has 2 aromatic carbocycles. The first-order valence-corrected chi connectivity index (χ1v) is 5.45. The maximum atomic E-state index is 6.95. The van der Waals surface area contributed by atoms with Gasteiger partial charge in [0.05, 0.1) is 13.1 Å². The molecule has 0 N–H and O–H groups in total. The van der Waals surface area contributed by atoms with Crippen molar-refractivity contribution in [2.75, 3.05) is 0 Å². The first-order valence-electron chi connectivity index (χ1n) is 5.45. The Kier molecular flexibility index (Phi) is 3.54. The van der Waals surface area contributed by atoms with E-state index >= 15 is 0 Å². The van der Waals surface area contributed by atoms with E-state index in [0.717, 1.165) is 11.1 Å². The molecule has 0 saturated heterocycles. The molecule has 2 rings (SSSR count). The number of benzene rings is 2. The molecule has 0 radical (unpaired) electrons. The van der Waals surface area contributed by atoms with E-state index in [2.05, 4.69) is 9.69 Å². The van der Waals surface area contributed by atoms with Crippen LogP contribution in [0.3, 0.4) is 0 Å². The van der Waals surface area contributed by atoms with Gasteiger partial charge in [-0.05, 0) is 17.2 Å². The average Bonchev–Trinajstić information content (AvgIpc) is 2.46. The highest BCUT2D eigenvalue weighted by Crippen LogP contribution is 2.17. The summed E-state index contributed by atoms with van der Waals surface area (Å²) in [6, 6.07) is 14.9. The molecule has 0 bridgehead atoms. The van der Waals surface area contributed by atoms with Gasteiger partial charge in [0.15, 0.2) is 11.4 Å². The average molecular weight is 230 g/mol. The summed E-state index contributed by atoms with van der Waals surface area (Å²) in [6.45, 7) is 13.8. The van der Waals surface area contributed by atoms with Gasteiger partial charge >= 0.3 is 0 Å². The third-order valence-corrected chi connectivity index (χ3v) is 2.49. The second-order valence-corrected chi connectivity index (χ2v) is 3.74. The highest BCUT2D eigenvalue weighted by atomic mass is 14.6. The van der Waals surface area contributed by atoms with Crippen LogP contribution in [0.1, 0.15) is 11.1 Å². The fourth-order valence-electron chi connectivity index (χ4n) is 1.55. The van der Waals surface area contributed by atoms with E-state index in [9.17, 15) is 0 Å². The first kappa shape index (κ1) is 11.6. The fourth-order valence-corrected chi connectivity index (χ4v) is 1.55. The van der Waals surface area contributed by atoms with E-state index in [1.807, 2.05) is 42.5 Å². The number of rotatable bonds is 2. The molecule has 2 aromatic rings. The molecule has 0 amide bonds. The van der Waals surface area contributed by atoms with E-state index < -0.39 is 0 Å². The van der Waals surface area contributed by atoms with Crippen molar-refractivity contribution in [1.29, 1.82) is 0 Å². The minimum Gasteiger partial charge on any atom is -0.238 e. The highest BCUT2D eigenvalue weighted by molar-refractivity contribution is 5.72. The Bertz CT molecular complexity index is 653. The Morgan fingerprint density at radius 1 is 0.722 bits per heavy atom. The van der Waals surface area contributed by atoms with Gasteiger partial charge in [-0.1, -0.05) is 54.6 Å². The lowest BCUT2D eigenvalue weighted by Gasteiger charge is -1.96. The van der Waals surface area contributed by atoms with Crippen LogP contribution in [0.5, 0.6) is 0 Å². The SMILES string of the molecule is [C-]#[N+]c1ccc(/C=C/c2cccc([N+]#[C-])c2)cc1. The van der Waals surface area contributed by atoms with Crippen LogP contribution >= 0.6 is 0 Å². The second kappa shape index (κ2) is 5.48. The van der Waals surface area contributed by atoms with E-state index in [-0.39, 0.29) is 0 Å². The molecular formula is C16H10N2. The summed E-state index contributed by atoms with van der Waals surface area (Å²) >= 11 is 0. The van der Waals surface area contributed by atoms with Crippen LogP contribution in [0.4, 0.5) is 11.4 Å². The lowest BCUT2D eigenvalue weighted by Crippen LogP contribution is -1.72. The summed E-state index contributed by atoms with van der Waals surface area (Å²) in [6.07, 6.45) is 3.93. The van der Waals surface area contributed by atoms with Gasteiger partial charge < -0.3 is 0 Å². The Morgan fingerprint density at radius 2 is 1.39 bits per heavy atom. The Balaban J connectivity index is 2.19. The third kappa shape index (κ3) is 2.84. The summed E-state index contributed by atoms with van der Waals surface area (Å²) < 4.78 is 0. The summed E-state index contributed by atoms with van der Waals surface area (Å²) in [7, 11) is 0. The molecule has 84 valence electrons. The van der Waals surface area contributed by atoms with E-state index in [0.29, 0.717) is 11.4 Å². The normalized spacial score (nSPS) is 9.89. The largest absolute Gasteiger partial charge is 0.238 e. The van der Waals surface area contributed by atoms with E-state index in [1.165, 1.54) is 0 Å². The zero-order valence-corrected chi connectivity index (χ0v) is 9.67. The van der Waals surface area contributed by atoms with Gasteiger partial charge in [-0.2, -0.15) is 0 Å². The first-order chi connectivity index (χ1) is 8.81. The van der Waals surface area contributed by atoms with Gasteiger partial charge in [-0.15, -0.1) is 0 Å². The highest BCUT2D eigenvalue weighted by Gasteiger charge is 1.92. The van der Waals surface area contributed by atoms with Gasteiger partial charge in [-0.3, -0.25) is 0 Å². The lowest BCUT2D eigenvalue weighted by atomic mass is 10.1. The number of hydrogen-bond donors (Lipinski definition) is 0. The summed E-state index contributed by atoms with van der Waals surface area (Å²) in [5, 5.41) is 0. The quantitative estimate of drug-likeness (QED) is 0.509. The summed E-state index contributed by atoms with van der Waals surface area (Å²) in [5.74, 6) is 0. The van der Waals surface area contributed by atoms with E-state index in [4.69, 9.17) is 13.1 Å². The molecule has 0 atom stereocenters. The van der Waals surface area contributed by atoms with Gasteiger partial charge in [0.2, 0.25) is 0 Å². The monoisotopic (exact) mass is 230 g/mol. The van der Waals surface area contributed by atoms with Crippen LogP contribution in [-0.4, -0.2) is 0 Å². The van der Waals surface area contributed by atoms with Crippen molar-refractivity contribution in [1.82, 2.24) is 0 Å². The van der Waals surface area contributed by atoms with Gasteiger partial charge in [-0.25, -0.2) is 9.69 Å². The molecule has 0 fully saturated rings. The zero-order valence-electron chi connectivity index (χ0n) is 9.67. The molecule has 0 aromatic heterocycles. The summed E-state index contributed by atoms with van der Waals surface area (Å²) in [4.78, 5) is 6.74. The van der Waals surface area contributed by atoms with Crippen LogP contribution in [-0.2, 0) is 0 Å². The van der Waals surface area contributed by atoms with Crippen molar-refractivity contribution in [3.05, 3.63) is 82.5 Å². The van der Waals surface area contributed by atoms with Crippen molar-refractivity contribution in [2.24, 2.45) is 0 Å². The van der Waals surface area contributed by atoms with Crippen LogP contribution in [0.15, 0.2) is 48.5 Å². The van der Waals surface area contributed by atoms with Gasteiger partial charge in [0.1, 0.15) is 0 Å². The van der Waals surface area contributed by atoms with Crippen LogP contribution in [0, 0.1) is 13.1 Å². The minimum absolute atomic E-state index is 0.639. The molecule has 0 saturated carbocycles. The molecule has 0 unspecified atom stereocenters. The number of hydrogen-bond acceptors (Lipinski definition) is 0. The maximum absolute atomic E-state index is 6.95. The topological polar surface area (TPSA) is 8.72 Å². The predicted octanol–water partition coefficient (Wildman–Crippen LogP) is 4.96. The van der Waals surface area contributed by atoms with Crippen molar-refractivity contribution < 1.29 is 0 Å². The second-order valence-electron chi connectivity index (χ2n) is 3.74. The Hall–Kier alpha value is -2.84. The lowest BCUT2D eigenvalue weighted by molar-refractivity contribution is 1.65. The standard InChI is InChI=1S/C16H10N2/c1-17-15-10-8-13(9-11-15)6-7-14-4-3-5-16(12-14)18-2/h3-12H/b7-6+. The molecule has 0 aliphatic carbocycles. The van der Waals surface area contributed by atoms with Crippen LogP contribution < -0.4 is 0 Å². The molecule has 2 heteroatoms. The van der Waals surface area contributed by atoms with E-state index in [1.54, 1.807) is 18.2 Å². The zero-order chi connectivity index (χ0) is 12.8. The van der Waals surface area contributed by atoms with Crippen LogP contribution in [0.2, 0.25) is 0 Å². The minimum atomic E-state index is 0.639. The smallest absolute Gasteiger partial charge is 0.187 e. The Labute approximate surface area is 106 Å². The molecule has 0 aliphatic heterocycles. The molecule has 0 aliphatic rings. The fraction of sp³-hybridized carbons (Fsp3) is 0. The molecule has 0 spiro atoms. The molecule has 18 heavy (non-hydrogen) atoms. The van der Waals surface area contributed by atoms with Crippen LogP contribution in [0.25, 0.3) is 21.8 Å².